The number of carbonyl (C=O) groups is 1. The van der Waals surface area contributed by atoms with Crippen LogP contribution in [0.25, 0.3) is 0 Å². The van der Waals surface area contributed by atoms with E-state index in [-0.39, 0.29) is 5.91 Å². The first-order chi connectivity index (χ1) is 8.27. The van der Waals surface area contributed by atoms with E-state index in [9.17, 15) is 4.79 Å². The van der Waals surface area contributed by atoms with Crippen molar-refractivity contribution in [3.05, 3.63) is 29.8 Å². The number of para-hydroxylation sites is 1. The van der Waals surface area contributed by atoms with Crippen molar-refractivity contribution in [3.8, 4) is 0 Å². The van der Waals surface area contributed by atoms with Crippen LogP contribution in [-0.2, 0) is 0 Å². The zero-order chi connectivity index (χ0) is 12.1. The lowest BCUT2D eigenvalue weighted by atomic mass is 9.89. The van der Waals surface area contributed by atoms with E-state index in [4.69, 9.17) is 5.73 Å². The number of hydrogen-bond donors (Lipinski definition) is 2. The van der Waals surface area contributed by atoms with Gasteiger partial charge < -0.3 is 11.1 Å². The summed E-state index contributed by atoms with van der Waals surface area (Å²) in [5, 5.41) is 2.99. The number of rotatable bonds is 3. The van der Waals surface area contributed by atoms with E-state index in [0.29, 0.717) is 17.2 Å². The molecule has 0 aliphatic heterocycles. The quantitative estimate of drug-likeness (QED) is 0.787. The highest BCUT2D eigenvalue weighted by Gasteiger charge is 2.15. The van der Waals surface area contributed by atoms with Crippen LogP contribution < -0.4 is 11.1 Å². The summed E-state index contributed by atoms with van der Waals surface area (Å²) in [4.78, 5) is 11.9. The normalized spacial score (nSPS) is 16.7. The Morgan fingerprint density at radius 1 is 1.24 bits per heavy atom. The molecule has 1 aromatic rings. The zero-order valence-corrected chi connectivity index (χ0v) is 10.1. The molecule has 0 atom stereocenters. The van der Waals surface area contributed by atoms with E-state index in [1.807, 2.05) is 12.1 Å². The first kappa shape index (κ1) is 12.0. The number of amides is 1. The summed E-state index contributed by atoms with van der Waals surface area (Å²) < 4.78 is 0. The molecule has 0 heterocycles. The van der Waals surface area contributed by atoms with Gasteiger partial charge in [0.25, 0.3) is 5.91 Å². The topological polar surface area (TPSA) is 55.1 Å². The van der Waals surface area contributed by atoms with Gasteiger partial charge in [0.2, 0.25) is 0 Å². The summed E-state index contributed by atoms with van der Waals surface area (Å²) in [5.41, 5.74) is 6.91. The SMILES string of the molecule is Nc1ccccc1C(=O)NCC1CCCCC1. The summed E-state index contributed by atoms with van der Waals surface area (Å²) in [6.07, 6.45) is 6.42. The number of nitrogen functional groups attached to an aromatic ring is 1. The third-order valence-corrected chi connectivity index (χ3v) is 3.48. The van der Waals surface area contributed by atoms with E-state index in [2.05, 4.69) is 5.32 Å². The van der Waals surface area contributed by atoms with Gasteiger partial charge in [-0.15, -0.1) is 0 Å². The monoisotopic (exact) mass is 232 g/mol. The Kier molecular flexibility index (Phi) is 4.02. The van der Waals surface area contributed by atoms with Crippen LogP contribution in [0.4, 0.5) is 5.69 Å². The van der Waals surface area contributed by atoms with Gasteiger partial charge in [-0.3, -0.25) is 4.79 Å². The van der Waals surface area contributed by atoms with E-state index < -0.39 is 0 Å². The highest BCUT2D eigenvalue weighted by atomic mass is 16.1. The predicted octanol–water partition coefficient (Wildman–Crippen LogP) is 2.58. The van der Waals surface area contributed by atoms with Crippen LogP contribution in [0.15, 0.2) is 24.3 Å². The lowest BCUT2D eigenvalue weighted by Crippen LogP contribution is -2.30. The van der Waals surface area contributed by atoms with Crippen LogP contribution in [0.3, 0.4) is 0 Å². The zero-order valence-electron chi connectivity index (χ0n) is 10.1. The first-order valence-corrected chi connectivity index (χ1v) is 6.40. The molecule has 17 heavy (non-hydrogen) atoms. The number of nitrogens with two attached hydrogens (primary N) is 1. The van der Waals surface area contributed by atoms with Crippen molar-refractivity contribution in [1.82, 2.24) is 5.32 Å². The summed E-state index contributed by atoms with van der Waals surface area (Å²) >= 11 is 0. The largest absolute Gasteiger partial charge is 0.398 e. The highest BCUT2D eigenvalue weighted by molar-refractivity contribution is 5.99. The van der Waals surface area contributed by atoms with Crippen molar-refractivity contribution >= 4 is 11.6 Å². The minimum absolute atomic E-state index is 0.0475. The van der Waals surface area contributed by atoms with E-state index in [1.54, 1.807) is 12.1 Å². The molecule has 2 rings (SSSR count). The number of hydrogen-bond acceptors (Lipinski definition) is 2. The van der Waals surface area contributed by atoms with Crippen molar-refractivity contribution in [2.24, 2.45) is 5.92 Å². The molecule has 3 heteroatoms. The van der Waals surface area contributed by atoms with Gasteiger partial charge in [0.15, 0.2) is 0 Å². The fourth-order valence-corrected chi connectivity index (χ4v) is 2.43. The third-order valence-electron chi connectivity index (χ3n) is 3.48. The Balaban J connectivity index is 1.87. The Morgan fingerprint density at radius 3 is 2.65 bits per heavy atom. The van der Waals surface area contributed by atoms with Gasteiger partial charge in [-0.1, -0.05) is 31.4 Å². The second-order valence-electron chi connectivity index (χ2n) is 4.80. The molecule has 3 N–H and O–H groups in total. The standard InChI is InChI=1S/C14H20N2O/c15-13-9-5-4-8-12(13)14(17)16-10-11-6-2-1-3-7-11/h4-5,8-9,11H,1-3,6-7,10,15H2,(H,16,17). The molecule has 1 aliphatic rings. The molecular formula is C14H20N2O. The van der Waals surface area contributed by atoms with Crippen molar-refractivity contribution in [2.75, 3.05) is 12.3 Å². The van der Waals surface area contributed by atoms with Gasteiger partial charge in [0.05, 0.1) is 5.56 Å². The Hall–Kier alpha value is -1.51. The molecule has 1 aliphatic carbocycles. The van der Waals surface area contributed by atoms with E-state index in [1.165, 1.54) is 32.1 Å². The van der Waals surface area contributed by atoms with Crippen molar-refractivity contribution in [2.45, 2.75) is 32.1 Å². The molecule has 1 amide bonds. The van der Waals surface area contributed by atoms with Crippen LogP contribution in [-0.4, -0.2) is 12.5 Å². The number of carbonyl (C=O) groups excluding carboxylic acids is 1. The molecule has 0 unspecified atom stereocenters. The third kappa shape index (κ3) is 3.22. The van der Waals surface area contributed by atoms with Gasteiger partial charge >= 0.3 is 0 Å². The smallest absolute Gasteiger partial charge is 0.253 e. The van der Waals surface area contributed by atoms with Gasteiger partial charge in [0, 0.05) is 12.2 Å². The molecule has 92 valence electrons. The number of anilines is 1. The summed E-state index contributed by atoms with van der Waals surface area (Å²) in [7, 11) is 0. The fourth-order valence-electron chi connectivity index (χ4n) is 2.43. The lowest BCUT2D eigenvalue weighted by Gasteiger charge is -2.21. The predicted molar refractivity (Wildman–Crippen MR) is 69.8 cm³/mol. The van der Waals surface area contributed by atoms with Crippen LogP contribution in [0.2, 0.25) is 0 Å². The molecular weight excluding hydrogens is 212 g/mol. The van der Waals surface area contributed by atoms with Crippen LogP contribution >= 0.6 is 0 Å². The van der Waals surface area contributed by atoms with Crippen molar-refractivity contribution in [3.63, 3.8) is 0 Å². The Bertz CT molecular complexity index is 384. The summed E-state index contributed by atoms with van der Waals surface area (Å²) in [5.74, 6) is 0.603. The summed E-state index contributed by atoms with van der Waals surface area (Å²) in [6.45, 7) is 0.785. The maximum atomic E-state index is 11.9. The molecule has 1 saturated carbocycles. The van der Waals surface area contributed by atoms with Crippen molar-refractivity contribution < 1.29 is 4.79 Å². The van der Waals surface area contributed by atoms with Gasteiger partial charge in [-0.05, 0) is 30.9 Å². The molecule has 0 bridgehead atoms. The minimum Gasteiger partial charge on any atom is -0.398 e. The second kappa shape index (κ2) is 5.71. The maximum absolute atomic E-state index is 11.9. The van der Waals surface area contributed by atoms with E-state index >= 15 is 0 Å². The molecule has 0 saturated heterocycles. The van der Waals surface area contributed by atoms with Gasteiger partial charge in [0.1, 0.15) is 0 Å². The molecule has 1 fully saturated rings. The summed E-state index contributed by atoms with van der Waals surface area (Å²) in [6, 6.07) is 7.21. The fraction of sp³-hybridized carbons (Fsp3) is 0.500. The Labute approximate surface area is 102 Å². The minimum atomic E-state index is -0.0475. The molecule has 3 nitrogen and oxygen atoms in total. The van der Waals surface area contributed by atoms with Gasteiger partial charge in [-0.25, -0.2) is 0 Å². The number of benzene rings is 1. The highest BCUT2D eigenvalue weighted by Crippen LogP contribution is 2.23. The second-order valence-corrected chi connectivity index (χ2v) is 4.80. The first-order valence-electron chi connectivity index (χ1n) is 6.40. The average molecular weight is 232 g/mol. The van der Waals surface area contributed by atoms with Gasteiger partial charge in [-0.2, -0.15) is 0 Å². The van der Waals surface area contributed by atoms with Crippen molar-refractivity contribution in [1.29, 1.82) is 0 Å². The maximum Gasteiger partial charge on any atom is 0.253 e. The molecule has 0 spiro atoms. The lowest BCUT2D eigenvalue weighted by molar-refractivity contribution is 0.0944. The molecule has 0 radical (unpaired) electrons. The molecule has 1 aromatic carbocycles. The van der Waals surface area contributed by atoms with Crippen LogP contribution in [0.1, 0.15) is 42.5 Å². The van der Waals surface area contributed by atoms with E-state index in [0.717, 1.165) is 6.54 Å². The van der Waals surface area contributed by atoms with Crippen LogP contribution in [0, 0.1) is 5.92 Å². The molecule has 0 aromatic heterocycles. The Morgan fingerprint density at radius 2 is 1.94 bits per heavy atom. The van der Waals surface area contributed by atoms with Crippen LogP contribution in [0.5, 0.6) is 0 Å². The number of nitrogens with one attached hydrogen (secondary N) is 1. The average Bonchev–Trinajstić information content (AvgIpc) is 2.38.